The summed E-state index contributed by atoms with van der Waals surface area (Å²) in [4.78, 5) is 13.5. The lowest BCUT2D eigenvalue weighted by Crippen LogP contribution is -2.33. The zero-order valence-corrected chi connectivity index (χ0v) is 13.5. The maximum atomic E-state index is 11.8. The van der Waals surface area contributed by atoms with Gasteiger partial charge in [-0.25, -0.2) is 0 Å². The van der Waals surface area contributed by atoms with Gasteiger partial charge in [-0.2, -0.15) is 0 Å². The summed E-state index contributed by atoms with van der Waals surface area (Å²) < 4.78 is 5.60. The molecule has 1 amide bonds. The van der Waals surface area contributed by atoms with Crippen LogP contribution in [-0.2, 0) is 4.79 Å². The van der Waals surface area contributed by atoms with Crippen LogP contribution in [-0.4, -0.2) is 44.6 Å². The number of carbonyl (C=O) groups is 1. The highest BCUT2D eigenvalue weighted by Gasteiger charge is 2.08. The van der Waals surface area contributed by atoms with Gasteiger partial charge in [-0.1, -0.05) is 6.07 Å². The fraction of sp³-hybridized carbons (Fsp3) is 0.533. The van der Waals surface area contributed by atoms with Crippen molar-refractivity contribution < 1.29 is 9.53 Å². The van der Waals surface area contributed by atoms with Gasteiger partial charge in [0.1, 0.15) is 5.75 Å². The molecule has 0 aliphatic rings. The molecule has 0 atom stereocenters. The molecule has 1 N–H and O–H groups in total. The quantitative estimate of drug-likeness (QED) is 0.839. The van der Waals surface area contributed by atoms with E-state index in [1.54, 1.807) is 4.90 Å². The number of benzene rings is 1. The Balaban J connectivity index is 0.00000361. The Hall–Kier alpha value is -1.26. The van der Waals surface area contributed by atoms with Gasteiger partial charge in [0.2, 0.25) is 5.91 Å². The fourth-order valence-corrected chi connectivity index (χ4v) is 1.65. The van der Waals surface area contributed by atoms with Crippen molar-refractivity contribution >= 4 is 18.3 Å². The van der Waals surface area contributed by atoms with Crippen molar-refractivity contribution in [1.29, 1.82) is 0 Å². The second-order valence-electron chi connectivity index (χ2n) is 4.76. The normalized spacial score (nSPS) is 9.80. The summed E-state index contributed by atoms with van der Waals surface area (Å²) in [5, 5.41) is 3.02. The van der Waals surface area contributed by atoms with Gasteiger partial charge in [-0.05, 0) is 44.2 Å². The first kappa shape index (κ1) is 18.7. The second kappa shape index (κ2) is 9.61. The average molecular weight is 301 g/mol. The van der Waals surface area contributed by atoms with Gasteiger partial charge in [-0.3, -0.25) is 4.79 Å². The smallest absolute Gasteiger partial charge is 0.225 e. The maximum Gasteiger partial charge on any atom is 0.225 e. The van der Waals surface area contributed by atoms with Gasteiger partial charge in [0.25, 0.3) is 0 Å². The number of carbonyl (C=O) groups excluding carboxylic acids is 1. The van der Waals surface area contributed by atoms with Crippen LogP contribution in [0.1, 0.15) is 17.5 Å². The lowest BCUT2D eigenvalue weighted by molar-refractivity contribution is -0.130. The molecule has 0 aromatic heterocycles. The lowest BCUT2D eigenvalue weighted by atomic mass is 10.1. The van der Waals surface area contributed by atoms with Crippen molar-refractivity contribution in [3.05, 3.63) is 29.3 Å². The molecule has 1 rings (SSSR count). The van der Waals surface area contributed by atoms with Crippen molar-refractivity contribution in [2.75, 3.05) is 33.8 Å². The molecule has 0 saturated carbocycles. The molecule has 5 heteroatoms. The predicted molar refractivity (Wildman–Crippen MR) is 84.8 cm³/mol. The number of nitrogens with zero attached hydrogens (tertiary/aromatic N) is 1. The summed E-state index contributed by atoms with van der Waals surface area (Å²) in [5.74, 6) is 0.938. The number of halogens is 1. The van der Waals surface area contributed by atoms with Crippen molar-refractivity contribution in [2.45, 2.75) is 20.3 Å². The van der Waals surface area contributed by atoms with Crippen LogP contribution in [0, 0.1) is 13.8 Å². The minimum absolute atomic E-state index is 0. The first-order chi connectivity index (χ1) is 9.04. The van der Waals surface area contributed by atoms with Gasteiger partial charge in [0, 0.05) is 20.1 Å². The highest BCUT2D eigenvalue weighted by atomic mass is 35.5. The number of nitrogens with one attached hydrogen (secondary N) is 1. The molecular formula is C15H25ClN2O2. The van der Waals surface area contributed by atoms with Crippen LogP contribution in [0.5, 0.6) is 5.75 Å². The van der Waals surface area contributed by atoms with Crippen LogP contribution in [0.25, 0.3) is 0 Å². The largest absolute Gasteiger partial charge is 0.493 e. The Morgan fingerprint density at radius 2 is 2.00 bits per heavy atom. The van der Waals surface area contributed by atoms with E-state index in [9.17, 15) is 4.79 Å². The van der Waals surface area contributed by atoms with Crippen LogP contribution >= 0.6 is 12.4 Å². The van der Waals surface area contributed by atoms with E-state index in [2.05, 4.69) is 19.2 Å². The van der Waals surface area contributed by atoms with Crippen molar-refractivity contribution in [3.63, 3.8) is 0 Å². The highest BCUT2D eigenvalue weighted by molar-refractivity contribution is 5.85. The molecule has 0 fully saturated rings. The van der Waals surface area contributed by atoms with E-state index in [1.165, 1.54) is 11.1 Å². The number of ether oxygens (including phenoxy) is 1. The third-order valence-electron chi connectivity index (χ3n) is 3.19. The summed E-state index contributed by atoms with van der Waals surface area (Å²) in [6.45, 7) is 6.07. The Morgan fingerprint density at radius 1 is 1.30 bits per heavy atom. The third kappa shape index (κ3) is 6.26. The first-order valence-electron chi connectivity index (χ1n) is 6.63. The van der Waals surface area contributed by atoms with Crippen LogP contribution in [0.15, 0.2) is 18.2 Å². The maximum absolute atomic E-state index is 11.8. The number of aryl methyl sites for hydroxylation is 2. The fourth-order valence-electron chi connectivity index (χ4n) is 1.65. The Bertz CT molecular complexity index is 424. The summed E-state index contributed by atoms with van der Waals surface area (Å²) in [5.41, 5.74) is 2.45. The minimum Gasteiger partial charge on any atom is -0.493 e. The summed E-state index contributed by atoms with van der Waals surface area (Å²) in [7, 11) is 3.69. The first-order valence-corrected chi connectivity index (χ1v) is 6.63. The number of amides is 1. The molecule has 0 spiro atoms. The van der Waals surface area contributed by atoms with Crippen molar-refractivity contribution in [1.82, 2.24) is 10.2 Å². The van der Waals surface area contributed by atoms with E-state index in [-0.39, 0.29) is 18.3 Å². The van der Waals surface area contributed by atoms with Crippen molar-refractivity contribution in [2.24, 2.45) is 0 Å². The molecule has 1 aromatic rings. The summed E-state index contributed by atoms with van der Waals surface area (Å²) >= 11 is 0. The van der Waals surface area contributed by atoms with Gasteiger partial charge in [-0.15, -0.1) is 12.4 Å². The SMILES string of the molecule is CNCCN(C)C(=O)CCOc1ccc(C)c(C)c1.Cl. The zero-order chi connectivity index (χ0) is 14.3. The van der Waals surface area contributed by atoms with Crippen LogP contribution in [0.3, 0.4) is 0 Å². The highest BCUT2D eigenvalue weighted by Crippen LogP contribution is 2.16. The van der Waals surface area contributed by atoms with Gasteiger partial charge in [0.15, 0.2) is 0 Å². The van der Waals surface area contributed by atoms with Gasteiger partial charge in [0.05, 0.1) is 13.0 Å². The Kier molecular flexibility index (Phi) is 9.01. The number of hydrogen-bond acceptors (Lipinski definition) is 3. The minimum atomic E-state index is 0. The standard InChI is InChI=1S/C15H24N2O2.ClH/c1-12-5-6-14(11-13(12)2)19-10-7-15(18)17(4)9-8-16-3;/h5-6,11,16H,7-10H2,1-4H3;1H. The molecule has 1 aromatic carbocycles. The molecule has 20 heavy (non-hydrogen) atoms. The number of likely N-dealkylation sites (N-methyl/N-ethyl adjacent to an activating group) is 2. The van der Waals surface area contributed by atoms with Gasteiger partial charge < -0.3 is 15.0 Å². The average Bonchev–Trinajstić information content (AvgIpc) is 2.39. The monoisotopic (exact) mass is 300 g/mol. The van der Waals surface area contributed by atoms with E-state index >= 15 is 0 Å². The Morgan fingerprint density at radius 3 is 2.60 bits per heavy atom. The van der Waals surface area contributed by atoms with E-state index in [0.29, 0.717) is 13.0 Å². The molecule has 0 bridgehead atoms. The molecule has 0 heterocycles. The summed E-state index contributed by atoms with van der Waals surface area (Å²) in [6, 6.07) is 5.98. The molecule has 0 unspecified atom stereocenters. The lowest BCUT2D eigenvalue weighted by Gasteiger charge is -2.17. The van der Waals surface area contributed by atoms with Crippen LogP contribution in [0.4, 0.5) is 0 Å². The number of hydrogen-bond donors (Lipinski definition) is 1. The summed E-state index contributed by atoms with van der Waals surface area (Å²) in [6.07, 6.45) is 0.410. The number of rotatable bonds is 7. The zero-order valence-electron chi connectivity index (χ0n) is 12.7. The van der Waals surface area contributed by atoms with E-state index in [1.807, 2.05) is 32.3 Å². The third-order valence-corrected chi connectivity index (χ3v) is 3.19. The van der Waals surface area contributed by atoms with Crippen LogP contribution < -0.4 is 10.1 Å². The second-order valence-corrected chi connectivity index (χ2v) is 4.76. The molecular weight excluding hydrogens is 276 g/mol. The molecule has 4 nitrogen and oxygen atoms in total. The van der Waals surface area contributed by atoms with E-state index in [0.717, 1.165) is 18.8 Å². The van der Waals surface area contributed by atoms with E-state index in [4.69, 9.17) is 4.74 Å². The predicted octanol–water partition coefficient (Wildman–Crippen LogP) is 2.17. The van der Waals surface area contributed by atoms with E-state index < -0.39 is 0 Å². The van der Waals surface area contributed by atoms with Crippen molar-refractivity contribution in [3.8, 4) is 5.75 Å². The molecule has 0 aliphatic carbocycles. The van der Waals surface area contributed by atoms with Crippen LogP contribution in [0.2, 0.25) is 0 Å². The molecule has 114 valence electrons. The Labute approximate surface area is 127 Å². The molecule has 0 aliphatic heterocycles. The molecule has 0 radical (unpaired) electrons. The van der Waals surface area contributed by atoms with Gasteiger partial charge >= 0.3 is 0 Å². The molecule has 0 saturated heterocycles. The topological polar surface area (TPSA) is 41.6 Å².